The molecule has 15 rings (SSSR count). The third-order valence-electron chi connectivity index (χ3n) is 16.6. The molecular weight excluding hydrogens is 1070 g/mol. The SMILES string of the molecule is N#Cc1cccc(-c2ccc3c(c2)c2cc(-c4cccc(C#N)c4)ccc2n3-c2ccccc2-c2c(-c3nc(-c4ccccc4)cc(-c4ccccc4)n3)cccc2-n2c3ccc(-c4cccc(C#N)c4)cc3c3cc(-c4cccc(C#N)c4)ccc32)c1. The number of benzene rings is 12. The van der Waals surface area contributed by atoms with Crippen molar-refractivity contribution in [2.24, 2.45) is 0 Å². The number of fused-ring (bicyclic) bond motifs is 6. The second-order valence-corrected chi connectivity index (χ2v) is 21.8. The maximum atomic E-state index is 10.0. The first-order valence-corrected chi connectivity index (χ1v) is 28.8. The van der Waals surface area contributed by atoms with E-state index in [4.69, 9.17) is 9.97 Å². The summed E-state index contributed by atoms with van der Waals surface area (Å²) in [7, 11) is 0. The molecule has 0 aliphatic heterocycles. The van der Waals surface area contributed by atoms with Gasteiger partial charge in [-0.3, -0.25) is 0 Å². The van der Waals surface area contributed by atoms with Crippen molar-refractivity contribution < 1.29 is 0 Å². The standard InChI is InChI=1S/C80H46N8/c81-47-51-14-9-22-57(38-51)61-30-34-74-67(42-61)68-43-62(58-23-10-15-52(39-58)48-82)31-35-75(68)87(74)73-28-8-7-26-65(73)79-66(80-85-71(55-18-3-1-4-19-55)46-72(86-80)56-20-5-2-6-21-56)27-13-29-78(79)88-76-36-32-63(59-24-11-16-53(40-59)49-83)44-69(76)70-45-64(33-37-77(70)88)60-25-12-17-54(41-60)50-84/h1-46H. The van der Waals surface area contributed by atoms with Crippen molar-refractivity contribution in [2.45, 2.75) is 0 Å². The van der Waals surface area contributed by atoms with E-state index in [0.29, 0.717) is 28.1 Å². The third kappa shape index (κ3) is 9.17. The Hall–Kier alpha value is -12.7. The van der Waals surface area contributed by atoms with Crippen molar-refractivity contribution in [2.75, 3.05) is 0 Å². The van der Waals surface area contributed by atoms with E-state index in [1.807, 2.05) is 133 Å². The number of para-hydroxylation sites is 1. The van der Waals surface area contributed by atoms with Crippen LogP contribution < -0.4 is 0 Å². The van der Waals surface area contributed by atoms with Crippen LogP contribution >= 0.6 is 0 Å². The molecule has 0 N–H and O–H groups in total. The molecule has 0 radical (unpaired) electrons. The van der Waals surface area contributed by atoms with Gasteiger partial charge in [0.05, 0.1) is 91.4 Å². The molecule has 0 saturated carbocycles. The van der Waals surface area contributed by atoms with E-state index in [9.17, 15) is 21.0 Å². The zero-order valence-corrected chi connectivity index (χ0v) is 47.1. The minimum absolute atomic E-state index is 0.544. The van der Waals surface area contributed by atoms with E-state index in [1.54, 1.807) is 0 Å². The quantitative estimate of drug-likeness (QED) is 0.134. The Labute approximate surface area is 507 Å². The number of aromatic nitrogens is 4. The number of nitriles is 4. The Morgan fingerprint density at radius 3 is 0.943 bits per heavy atom. The highest BCUT2D eigenvalue weighted by atomic mass is 15.0. The number of rotatable bonds is 10. The van der Waals surface area contributed by atoms with Gasteiger partial charge in [-0.1, -0.05) is 164 Å². The summed E-state index contributed by atoms with van der Waals surface area (Å²) in [5.74, 6) is 0.544. The molecule has 0 aliphatic rings. The molecule has 8 heteroatoms. The Balaban J connectivity index is 1.05. The van der Waals surface area contributed by atoms with Crippen molar-refractivity contribution in [1.82, 2.24) is 19.1 Å². The van der Waals surface area contributed by atoms with Crippen LogP contribution in [0.2, 0.25) is 0 Å². The van der Waals surface area contributed by atoms with Gasteiger partial charge in [0.2, 0.25) is 0 Å². The predicted octanol–water partition coefficient (Wildman–Crippen LogP) is 19.5. The van der Waals surface area contributed by atoms with E-state index in [-0.39, 0.29) is 0 Å². The lowest BCUT2D eigenvalue weighted by Crippen LogP contribution is -2.04. The molecular formula is C80H46N8. The molecule has 0 fully saturated rings. The molecule has 406 valence electrons. The van der Waals surface area contributed by atoms with Gasteiger partial charge in [-0.2, -0.15) is 21.0 Å². The fourth-order valence-electron chi connectivity index (χ4n) is 12.5. The van der Waals surface area contributed by atoms with Gasteiger partial charge in [0, 0.05) is 49.4 Å². The number of hydrogen-bond acceptors (Lipinski definition) is 6. The summed E-state index contributed by atoms with van der Waals surface area (Å²) in [6, 6.07) is 104. The molecule has 12 aromatic carbocycles. The minimum atomic E-state index is 0.544. The van der Waals surface area contributed by atoms with Crippen LogP contribution in [0.4, 0.5) is 0 Å². The van der Waals surface area contributed by atoms with Crippen LogP contribution in [-0.2, 0) is 0 Å². The first-order chi connectivity index (χ1) is 43.4. The Morgan fingerprint density at radius 2 is 0.557 bits per heavy atom. The van der Waals surface area contributed by atoms with Gasteiger partial charge in [0.1, 0.15) is 0 Å². The summed E-state index contributed by atoms with van der Waals surface area (Å²) in [6.07, 6.45) is 0. The molecule has 8 nitrogen and oxygen atoms in total. The molecule has 0 unspecified atom stereocenters. The van der Waals surface area contributed by atoms with Gasteiger partial charge in [-0.05, 0) is 160 Å². The predicted molar refractivity (Wildman–Crippen MR) is 353 cm³/mol. The van der Waals surface area contributed by atoms with Crippen LogP contribution in [0.25, 0.3) is 145 Å². The second-order valence-electron chi connectivity index (χ2n) is 21.8. The molecule has 0 saturated heterocycles. The molecule has 3 aromatic heterocycles. The highest BCUT2D eigenvalue weighted by Gasteiger charge is 2.26. The fraction of sp³-hybridized carbons (Fsp3) is 0. The summed E-state index contributed by atoms with van der Waals surface area (Å²) in [5.41, 5.74) is 21.7. The van der Waals surface area contributed by atoms with E-state index in [2.05, 4.69) is 179 Å². The molecule has 0 atom stereocenters. The minimum Gasteiger partial charge on any atom is -0.309 e. The van der Waals surface area contributed by atoms with Crippen molar-refractivity contribution in [3.8, 4) is 125 Å². The fourth-order valence-corrected chi connectivity index (χ4v) is 12.5. The largest absolute Gasteiger partial charge is 0.309 e. The monoisotopic (exact) mass is 1120 g/mol. The average Bonchev–Trinajstić information content (AvgIpc) is 3.91. The highest BCUT2D eigenvalue weighted by molar-refractivity contribution is 6.14. The second kappa shape index (κ2) is 21.8. The summed E-state index contributed by atoms with van der Waals surface area (Å²) in [4.78, 5) is 11.1. The topological polar surface area (TPSA) is 131 Å². The molecule has 0 spiro atoms. The number of nitrogens with zero attached hydrogens (tertiary/aromatic N) is 8. The lowest BCUT2D eigenvalue weighted by molar-refractivity contribution is 1.15. The van der Waals surface area contributed by atoms with Crippen LogP contribution in [-0.4, -0.2) is 19.1 Å². The van der Waals surface area contributed by atoms with Crippen LogP contribution in [0.1, 0.15) is 22.3 Å². The van der Waals surface area contributed by atoms with Crippen molar-refractivity contribution in [1.29, 1.82) is 21.0 Å². The van der Waals surface area contributed by atoms with E-state index in [1.165, 1.54) is 0 Å². The maximum absolute atomic E-state index is 10.0. The van der Waals surface area contributed by atoms with Gasteiger partial charge in [0.15, 0.2) is 5.82 Å². The van der Waals surface area contributed by atoms with Gasteiger partial charge >= 0.3 is 0 Å². The van der Waals surface area contributed by atoms with E-state index >= 15 is 0 Å². The zero-order chi connectivity index (χ0) is 59.2. The molecule has 15 aromatic rings. The summed E-state index contributed by atoms with van der Waals surface area (Å²) in [6.45, 7) is 0. The van der Waals surface area contributed by atoms with Crippen LogP contribution in [0.15, 0.2) is 279 Å². The normalized spacial score (nSPS) is 11.1. The van der Waals surface area contributed by atoms with E-state index in [0.717, 1.165) is 139 Å². The lowest BCUT2D eigenvalue weighted by Gasteiger charge is -2.21. The molecule has 0 amide bonds. The van der Waals surface area contributed by atoms with E-state index < -0.39 is 0 Å². The average molecular weight is 1120 g/mol. The molecule has 0 bridgehead atoms. The lowest BCUT2D eigenvalue weighted by atomic mass is 9.94. The van der Waals surface area contributed by atoms with Gasteiger partial charge < -0.3 is 9.13 Å². The smallest absolute Gasteiger partial charge is 0.161 e. The summed E-state index contributed by atoms with van der Waals surface area (Å²) < 4.78 is 4.72. The first kappa shape index (κ1) is 52.1. The third-order valence-corrected chi connectivity index (χ3v) is 16.6. The maximum Gasteiger partial charge on any atom is 0.161 e. The van der Waals surface area contributed by atoms with Crippen LogP contribution in [0.3, 0.4) is 0 Å². The van der Waals surface area contributed by atoms with Crippen LogP contribution in [0, 0.1) is 45.3 Å². The number of hydrogen-bond donors (Lipinski definition) is 0. The summed E-state index contributed by atoms with van der Waals surface area (Å²) in [5, 5.41) is 44.1. The molecule has 88 heavy (non-hydrogen) atoms. The molecule has 3 heterocycles. The Morgan fingerprint density at radius 1 is 0.250 bits per heavy atom. The van der Waals surface area contributed by atoms with Crippen molar-refractivity contribution in [3.63, 3.8) is 0 Å². The van der Waals surface area contributed by atoms with Crippen molar-refractivity contribution in [3.05, 3.63) is 301 Å². The highest BCUT2D eigenvalue weighted by Crippen LogP contribution is 2.47. The Bertz CT molecular complexity index is 5220. The van der Waals surface area contributed by atoms with Gasteiger partial charge in [-0.15, -0.1) is 0 Å². The summed E-state index contributed by atoms with van der Waals surface area (Å²) >= 11 is 0. The van der Waals surface area contributed by atoms with Gasteiger partial charge in [0.25, 0.3) is 0 Å². The van der Waals surface area contributed by atoms with Crippen LogP contribution in [0.5, 0.6) is 0 Å². The first-order valence-electron chi connectivity index (χ1n) is 28.8. The van der Waals surface area contributed by atoms with Crippen molar-refractivity contribution >= 4 is 43.6 Å². The Kier molecular flexibility index (Phi) is 12.9. The molecule has 0 aliphatic carbocycles. The van der Waals surface area contributed by atoms with Gasteiger partial charge in [-0.25, -0.2) is 9.97 Å². The zero-order valence-electron chi connectivity index (χ0n) is 47.1.